The second kappa shape index (κ2) is 15.8. The highest BCUT2D eigenvalue weighted by Gasteiger charge is 2.27. The van der Waals surface area contributed by atoms with Gasteiger partial charge in [0.25, 0.3) is 0 Å². The van der Waals surface area contributed by atoms with Crippen molar-refractivity contribution in [2.45, 2.75) is 19.8 Å². The van der Waals surface area contributed by atoms with E-state index >= 15 is 0 Å². The number of hydrogen-bond acceptors (Lipinski definition) is 2. The molecule has 0 saturated heterocycles. The van der Waals surface area contributed by atoms with E-state index in [2.05, 4.69) is 196 Å². The molecule has 0 spiro atoms. The Bertz CT molecular complexity index is 2710. The van der Waals surface area contributed by atoms with Crippen LogP contribution in [-0.2, 0) is 0 Å². The maximum Gasteiger partial charge on any atom is 0.136 e. The Labute approximate surface area is 336 Å². The van der Waals surface area contributed by atoms with Crippen molar-refractivity contribution in [2.75, 3.05) is 0 Å². The average Bonchev–Trinajstić information content (AvgIpc) is 3.64. The molecule has 4 unspecified atom stereocenters. The highest BCUT2D eigenvalue weighted by atomic mass is 16.3. The molecule has 6 aromatic rings. The molecule has 57 heavy (non-hydrogen) atoms. The van der Waals surface area contributed by atoms with E-state index in [0.717, 1.165) is 56.7 Å². The zero-order valence-electron chi connectivity index (χ0n) is 32.4. The number of fused-ring (bicyclic) bond motifs is 3. The van der Waals surface area contributed by atoms with E-state index in [1.54, 1.807) is 0 Å². The molecule has 0 radical (unpaired) electrons. The number of allylic oxidation sites excluding steroid dienone is 12. The predicted molar refractivity (Wildman–Crippen MR) is 242 cm³/mol. The van der Waals surface area contributed by atoms with Crippen LogP contribution in [0.15, 0.2) is 199 Å². The molecule has 9 rings (SSSR count). The molecule has 2 nitrogen and oxygen atoms in total. The van der Waals surface area contributed by atoms with Crippen molar-refractivity contribution in [3.8, 4) is 22.3 Å². The van der Waals surface area contributed by atoms with E-state index in [-0.39, 0.29) is 5.92 Å². The molecule has 0 bridgehead atoms. The van der Waals surface area contributed by atoms with E-state index in [1.807, 2.05) is 12.1 Å². The van der Waals surface area contributed by atoms with Crippen molar-refractivity contribution >= 4 is 40.0 Å². The van der Waals surface area contributed by atoms with Gasteiger partial charge in [0.2, 0.25) is 0 Å². The summed E-state index contributed by atoms with van der Waals surface area (Å²) in [6, 6.07) is 45.0. The van der Waals surface area contributed by atoms with Crippen LogP contribution >= 0.6 is 0 Å². The summed E-state index contributed by atoms with van der Waals surface area (Å²) in [7, 11) is 0. The minimum Gasteiger partial charge on any atom is -0.456 e. The molecule has 3 aliphatic carbocycles. The van der Waals surface area contributed by atoms with E-state index in [0.29, 0.717) is 23.5 Å². The standard InChI is InChI=1S/C55H47NO/c1-37(39-16-7-3-8-17-39)30-45(40-18-9-4-10-19-40)35-52(56)49-24-15-25-53-55(49)51-36-50(38(2)31-54(51)57-53)44-28-26-43(27-29-44)48-33-46(41-20-11-5-12-21-41)32-47(34-48)42-22-13-6-14-23-42/h3-16,18-28,30-36,38-39,44,50H,1,17,29,56H2,2H3/b45-30+,52-35-. The molecular weight excluding hydrogens is 691 g/mol. The lowest BCUT2D eigenvalue weighted by molar-refractivity contribution is 0.420. The number of rotatable bonds is 9. The van der Waals surface area contributed by atoms with Gasteiger partial charge in [-0.25, -0.2) is 0 Å². The van der Waals surface area contributed by atoms with Gasteiger partial charge in [0.15, 0.2) is 0 Å². The van der Waals surface area contributed by atoms with Crippen molar-refractivity contribution in [1.82, 2.24) is 0 Å². The molecule has 0 amide bonds. The van der Waals surface area contributed by atoms with Crippen LogP contribution in [-0.4, -0.2) is 0 Å². The molecule has 1 heterocycles. The normalized spacial score (nSPS) is 20.4. The van der Waals surface area contributed by atoms with Gasteiger partial charge in [-0.1, -0.05) is 171 Å². The molecule has 3 aliphatic rings. The van der Waals surface area contributed by atoms with Gasteiger partial charge in [-0.05, 0) is 117 Å². The summed E-state index contributed by atoms with van der Waals surface area (Å²) in [6.45, 7) is 6.79. The van der Waals surface area contributed by atoms with E-state index in [1.165, 1.54) is 33.4 Å². The monoisotopic (exact) mass is 737 g/mol. The lowest BCUT2D eigenvalue weighted by Crippen LogP contribution is -2.32. The smallest absolute Gasteiger partial charge is 0.136 e. The summed E-state index contributed by atoms with van der Waals surface area (Å²) in [5.41, 5.74) is 21.2. The SMILES string of the molecule is C=C(/C=C(\C=C(/N)c1cccc2oc3c(c12)=CC(C1C=CC(c2cc(-c4ccccc4)cc(-c4ccccc4)c2)=CC1)C(C)C=3)c1ccccc1)C1C=CC=CC1. The first-order chi connectivity index (χ1) is 28.0. The number of furan rings is 1. The number of hydrogen-bond donors (Lipinski definition) is 1. The van der Waals surface area contributed by atoms with Gasteiger partial charge in [-0.2, -0.15) is 0 Å². The quantitative estimate of drug-likeness (QED) is 0.150. The van der Waals surface area contributed by atoms with Gasteiger partial charge >= 0.3 is 0 Å². The van der Waals surface area contributed by atoms with Crippen LogP contribution < -0.4 is 16.4 Å². The fraction of sp³-hybridized carbons (Fsp3) is 0.127. The fourth-order valence-corrected chi connectivity index (χ4v) is 8.70. The van der Waals surface area contributed by atoms with Crippen molar-refractivity contribution in [2.24, 2.45) is 29.4 Å². The summed E-state index contributed by atoms with van der Waals surface area (Å²) in [5, 5.41) is 2.21. The van der Waals surface area contributed by atoms with Crippen LogP contribution in [0.25, 0.3) is 62.2 Å². The minimum atomic E-state index is 0.266. The highest BCUT2D eigenvalue weighted by Crippen LogP contribution is 2.38. The first kappa shape index (κ1) is 36.0. The van der Waals surface area contributed by atoms with Gasteiger partial charge < -0.3 is 10.2 Å². The van der Waals surface area contributed by atoms with Crippen LogP contribution in [0.2, 0.25) is 0 Å². The maximum absolute atomic E-state index is 7.10. The second-order valence-electron chi connectivity index (χ2n) is 15.6. The molecule has 2 N–H and O–H groups in total. The predicted octanol–water partition coefficient (Wildman–Crippen LogP) is 12.3. The van der Waals surface area contributed by atoms with Gasteiger partial charge in [-0.3, -0.25) is 0 Å². The summed E-state index contributed by atoms with van der Waals surface area (Å²) < 4.78 is 6.55. The molecule has 0 fully saturated rings. The first-order valence-electron chi connectivity index (χ1n) is 20.2. The fourth-order valence-electron chi connectivity index (χ4n) is 8.70. The van der Waals surface area contributed by atoms with Crippen molar-refractivity contribution in [1.29, 1.82) is 0 Å². The Morgan fingerprint density at radius 2 is 1.39 bits per heavy atom. The highest BCUT2D eigenvalue weighted by molar-refractivity contribution is 5.95. The first-order valence-corrected chi connectivity index (χ1v) is 20.2. The van der Waals surface area contributed by atoms with Crippen molar-refractivity contribution < 1.29 is 4.42 Å². The molecule has 0 saturated carbocycles. The Kier molecular flexibility index (Phi) is 10.0. The Hall–Kier alpha value is -6.64. The van der Waals surface area contributed by atoms with Crippen molar-refractivity contribution in [3.63, 3.8) is 0 Å². The number of nitrogens with two attached hydrogens (primary N) is 1. The van der Waals surface area contributed by atoms with Gasteiger partial charge in [0.1, 0.15) is 11.0 Å². The van der Waals surface area contributed by atoms with Gasteiger partial charge in [0.05, 0.1) is 0 Å². The molecule has 1 aromatic heterocycles. The Balaban J connectivity index is 1.05. The van der Waals surface area contributed by atoms with Crippen LogP contribution in [0.1, 0.15) is 36.5 Å². The average molecular weight is 738 g/mol. The maximum atomic E-state index is 7.10. The third-order valence-corrected chi connectivity index (χ3v) is 11.8. The summed E-state index contributed by atoms with van der Waals surface area (Å²) in [6.07, 6.45) is 26.8. The van der Waals surface area contributed by atoms with Crippen molar-refractivity contribution in [3.05, 3.63) is 222 Å². The number of benzene rings is 5. The summed E-state index contributed by atoms with van der Waals surface area (Å²) in [5.74, 6) is 1.24. The topological polar surface area (TPSA) is 39.2 Å². The van der Waals surface area contributed by atoms with E-state index < -0.39 is 0 Å². The summed E-state index contributed by atoms with van der Waals surface area (Å²) >= 11 is 0. The zero-order chi connectivity index (χ0) is 38.7. The lowest BCUT2D eigenvalue weighted by Gasteiger charge is -2.28. The third kappa shape index (κ3) is 7.52. The van der Waals surface area contributed by atoms with E-state index in [9.17, 15) is 0 Å². The third-order valence-electron chi connectivity index (χ3n) is 11.8. The lowest BCUT2D eigenvalue weighted by atomic mass is 9.75. The molecule has 0 aliphatic heterocycles. The largest absolute Gasteiger partial charge is 0.456 e. The van der Waals surface area contributed by atoms with Crippen LogP contribution in [0, 0.1) is 23.7 Å². The molecule has 278 valence electrons. The molecular formula is C55H47NO. The van der Waals surface area contributed by atoms with E-state index in [4.69, 9.17) is 10.2 Å². The van der Waals surface area contributed by atoms with Gasteiger partial charge in [-0.15, -0.1) is 0 Å². The second-order valence-corrected chi connectivity index (χ2v) is 15.6. The van der Waals surface area contributed by atoms with Crippen LogP contribution in [0.4, 0.5) is 0 Å². The van der Waals surface area contributed by atoms with Crippen LogP contribution in [0.5, 0.6) is 0 Å². The minimum absolute atomic E-state index is 0.266. The van der Waals surface area contributed by atoms with Crippen LogP contribution in [0.3, 0.4) is 0 Å². The molecule has 2 heteroatoms. The molecule has 5 aromatic carbocycles. The molecule has 4 atom stereocenters. The van der Waals surface area contributed by atoms with Gasteiger partial charge in [0, 0.05) is 27.8 Å². The summed E-state index contributed by atoms with van der Waals surface area (Å²) in [4.78, 5) is 0. The zero-order valence-corrected chi connectivity index (χ0v) is 32.4. The Morgan fingerprint density at radius 3 is 2.04 bits per heavy atom. The Morgan fingerprint density at radius 1 is 0.702 bits per heavy atom.